The summed E-state index contributed by atoms with van der Waals surface area (Å²) in [6.07, 6.45) is 5.87. The van der Waals surface area contributed by atoms with Gasteiger partial charge in [-0.15, -0.1) is 0 Å². The zero-order valence-corrected chi connectivity index (χ0v) is 7.88. The molecule has 3 nitrogen and oxygen atoms in total. The number of aliphatic hydroxyl groups excluding tert-OH is 1. The van der Waals surface area contributed by atoms with Crippen LogP contribution in [0.25, 0.3) is 0 Å². The summed E-state index contributed by atoms with van der Waals surface area (Å²) in [6, 6.07) is 0. The summed E-state index contributed by atoms with van der Waals surface area (Å²) in [5.74, 6) is -0.159. The van der Waals surface area contributed by atoms with Crippen LogP contribution in [-0.2, 0) is 4.79 Å². The Morgan fingerprint density at radius 3 is 2.62 bits per heavy atom. The Morgan fingerprint density at radius 2 is 1.92 bits per heavy atom. The second-order valence-corrected chi connectivity index (χ2v) is 4.37. The maximum atomic E-state index is 11.3. The molecule has 1 unspecified atom stereocenters. The van der Waals surface area contributed by atoms with Gasteiger partial charge < -0.3 is 10.4 Å². The molecule has 1 saturated carbocycles. The molecule has 1 amide bonds. The second kappa shape index (κ2) is 3.29. The maximum absolute atomic E-state index is 11.3. The molecule has 2 N–H and O–H groups in total. The van der Waals surface area contributed by atoms with E-state index in [0.717, 1.165) is 25.8 Å². The lowest BCUT2D eigenvalue weighted by Crippen LogP contribution is -2.53. The lowest BCUT2D eigenvalue weighted by molar-refractivity contribution is -0.143. The van der Waals surface area contributed by atoms with E-state index < -0.39 is 6.10 Å². The Labute approximate surface area is 78.5 Å². The summed E-state index contributed by atoms with van der Waals surface area (Å²) in [7, 11) is 0. The van der Waals surface area contributed by atoms with Gasteiger partial charge in [0, 0.05) is 12.0 Å². The van der Waals surface area contributed by atoms with Crippen LogP contribution in [0.2, 0.25) is 0 Å². The molecular formula is C10H17NO2. The van der Waals surface area contributed by atoms with Gasteiger partial charge in [-0.25, -0.2) is 0 Å². The van der Waals surface area contributed by atoms with E-state index in [1.54, 1.807) is 0 Å². The van der Waals surface area contributed by atoms with Crippen molar-refractivity contribution < 1.29 is 9.90 Å². The molecule has 1 atom stereocenters. The Kier molecular flexibility index (Phi) is 2.28. The molecule has 0 aromatic carbocycles. The minimum absolute atomic E-state index is 0.0689. The molecule has 1 saturated heterocycles. The summed E-state index contributed by atoms with van der Waals surface area (Å²) in [4.78, 5) is 11.3. The molecule has 0 aromatic rings. The molecule has 74 valence electrons. The molecular weight excluding hydrogens is 166 g/mol. The van der Waals surface area contributed by atoms with Gasteiger partial charge in [0.15, 0.2) is 0 Å². The van der Waals surface area contributed by atoms with Crippen molar-refractivity contribution in [1.82, 2.24) is 5.32 Å². The smallest absolute Gasteiger partial charge is 0.249 e. The molecule has 13 heavy (non-hydrogen) atoms. The zero-order valence-electron chi connectivity index (χ0n) is 7.88. The molecule has 0 radical (unpaired) electrons. The number of hydrogen-bond acceptors (Lipinski definition) is 2. The summed E-state index contributed by atoms with van der Waals surface area (Å²) in [6.45, 7) is 0.746. The molecule has 1 aliphatic carbocycles. The summed E-state index contributed by atoms with van der Waals surface area (Å²) in [5.41, 5.74) is -0.0689. The van der Waals surface area contributed by atoms with Gasteiger partial charge in [-0.3, -0.25) is 4.79 Å². The second-order valence-electron chi connectivity index (χ2n) is 4.37. The van der Waals surface area contributed by atoms with Crippen LogP contribution in [0.1, 0.15) is 38.5 Å². The van der Waals surface area contributed by atoms with Gasteiger partial charge in [0.2, 0.25) is 5.91 Å². The van der Waals surface area contributed by atoms with E-state index in [4.69, 9.17) is 0 Å². The first kappa shape index (κ1) is 9.00. The van der Waals surface area contributed by atoms with Crippen LogP contribution in [0.3, 0.4) is 0 Å². The van der Waals surface area contributed by atoms with E-state index in [-0.39, 0.29) is 11.3 Å². The van der Waals surface area contributed by atoms with Crippen LogP contribution in [0.5, 0.6) is 0 Å². The van der Waals surface area contributed by atoms with Gasteiger partial charge in [0.05, 0.1) is 0 Å². The van der Waals surface area contributed by atoms with Crippen LogP contribution in [0.4, 0.5) is 0 Å². The van der Waals surface area contributed by atoms with E-state index in [1.165, 1.54) is 19.3 Å². The molecule has 2 fully saturated rings. The van der Waals surface area contributed by atoms with Crippen molar-refractivity contribution in [2.24, 2.45) is 5.41 Å². The van der Waals surface area contributed by atoms with E-state index in [1.807, 2.05) is 0 Å². The van der Waals surface area contributed by atoms with Crippen molar-refractivity contribution in [2.45, 2.75) is 44.6 Å². The van der Waals surface area contributed by atoms with Gasteiger partial charge in [-0.1, -0.05) is 19.3 Å². The highest BCUT2D eigenvalue weighted by Crippen LogP contribution is 2.43. The van der Waals surface area contributed by atoms with Crippen LogP contribution >= 0.6 is 0 Å². The largest absolute Gasteiger partial charge is 0.383 e. The Bertz CT molecular complexity index is 203. The van der Waals surface area contributed by atoms with E-state index >= 15 is 0 Å². The first-order valence-electron chi connectivity index (χ1n) is 5.20. The first-order chi connectivity index (χ1) is 6.25. The SMILES string of the molecule is O=C1NCCC2(CCCCC2)C1O. The number of hydrogen-bond donors (Lipinski definition) is 2. The molecule has 1 spiro atoms. The molecule has 0 aromatic heterocycles. The predicted molar refractivity (Wildman–Crippen MR) is 49.2 cm³/mol. The molecule has 0 bridgehead atoms. The number of carbonyl (C=O) groups excluding carboxylic acids is 1. The third-order valence-electron chi connectivity index (χ3n) is 3.60. The molecule has 1 heterocycles. The number of amides is 1. The minimum atomic E-state index is -0.749. The summed E-state index contributed by atoms with van der Waals surface area (Å²) < 4.78 is 0. The van der Waals surface area contributed by atoms with Gasteiger partial charge in [-0.05, 0) is 19.3 Å². The Balaban J connectivity index is 2.13. The highest BCUT2D eigenvalue weighted by Gasteiger charge is 2.44. The average molecular weight is 183 g/mol. The van der Waals surface area contributed by atoms with Crippen LogP contribution in [0.15, 0.2) is 0 Å². The normalized spacial score (nSPS) is 33.0. The van der Waals surface area contributed by atoms with Crippen molar-refractivity contribution >= 4 is 5.91 Å². The lowest BCUT2D eigenvalue weighted by Gasteiger charge is -2.43. The number of piperidine rings is 1. The fraction of sp³-hybridized carbons (Fsp3) is 0.900. The average Bonchev–Trinajstić information content (AvgIpc) is 2.16. The fourth-order valence-electron chi connectivity index (χ4n) is 2.73. The van der Waals surface area contributed by atoms with Crippen LogP contribution in [0, 0.1) is 5.41 Å². The first-order valence-corrected chi connectivity index (χ1v) is 5.20. The number of aliphatic hydroxyl groups is 1. The third-order valence-corrected chi connectivity index (χ3v) is 3.60. The third kappa shape index (κ3) is 1.46. The minimum Gasteiger partial charge on any atom is -0.383 e. The van der Waals surface area contributed by atoms with Crippen molar-refractivity contribution in [3.63, 3.8) is 0 Å². The van der Waals surface area contributed by atoms with Crippen molar-refractivity contribution in [3.8, 4) is 0 Å². The van der Waals surface area contributed by atoms with Crippen molar-refractivity contribution in [1.29, 1.82) is 0 Å². The fourth-order valence-corrected chi connectivity index (χ4v) is 2.73. The molecule has 2 rings (SSSR count). The zero-order chi connectivity index (χ0) is 9.31. The van der Waals surface area contributed by atoms with Gasteiger partial charge in [0.25, 0.3) is 0 Å². The number of carbonyl (C=O) groups is 1. The highest BCUT2D eigenvalue weighted by molar-refractivity contribution is 5.82. The Hall–Kier alpha value is -0.570. The van der Waals surface area contributed by atoms with Crippen LogP contribution < -0.4 is 5.32 Å². The standard InChI is InChI=1S/C10H17NO2/c12-8-9(13)11-7-6-10(8)4-2-1-3-5-10/h8,12H,1-7H2,(H,11,13). The molecule has 3 heteroatoms. The number of nitrogens with one attached hydrogen (secondary N) is 1. The summed E-state index contributed by atoms with van der Waals surface area (Å²) >= 11 is 0. The van der Waals surface area contributed by atoms with E-state index in [9.17, 15) is 9.90 Å². The number of rotatable bonds is 0. The summed E-state index contributed by atoms with van der Waals surface area (Å²) in [5, 5.41) is 12.6. The van der Waals surface area contributed by atoms with Gasteiger partial charge in [0.1, 0.15) is 6.10 Å². The van der Waals surface area contributed by atoms with Crippen LogP contribution in [-0.4, -0.2) is 23.7 Å². The highest BCUT2D eigenvalue weighted by atomic mass is 16.3. The van der Waals surface area contributed by atoms with E-state index in [0.29, 0.717) is 0 Å². The lowest BCUT2D eigenvalue weighted by atomic mass is 9.66. The van der Waals surface area contributed by atoms with Gasteiger partial charge in [-0.2, -0.15) is 0 Å². The van der Waals surface area contributed by atoms with E-state index in [2.05, 4.69) is 5.32 Å². The quantitative estimate of drug-likeness (QED) is 0.584. The topological polar surface area (TPSA) is 49.3 Å². The van der Waals surface area contributed by atoms with Gasteiger partial charge >= 0.3 is 0 Å². The molecule has 1 aliphatic heterocycles. The predicted octanol–water partition coefficient (Wildman–Crippen LogP) is 0.818. The Morgan fingerprint density at radius 1 is 1.23 bits per heavy atom. The monoisotopic (exact) mass is 183 g/mol. The molecule has 2 aliphatic rings. The van der Waals surface area contributed by atoms with Crippen molar-refractivity contribution in [3.05, 3.63) is 0 Å². The maximum Gasteiger partial charge on any atom is 0.249 e. The van der Waals surface area contributed by atoms with Crippen molar-refractivity contribution in [2.75, 3.05) is 6.54 Å².